The normalized spacial score (nSPS) is 17.9. The maximum absolute atomic E-state index is 13.2. The number of hydrogen-bond acceptors (Lipinski definition) is 4. The van der Waals surface area contributed by atoms with Gasteiger partial charge >= 0.3 is 0 Å². The Balaban J connectivity index is 1.71. The van der Waals surface area contributed by atoms with Crippen LogP contribution in [0, 0.1) is 12.8 Å². The van der Waals surface area contributed by atoms with Gasteiger partial charge in [-0.1, -0.05) is 43.1 Å². The number of ether oxygens (including phenoxy) is 1. The maximum Gasteiger partial charge on any atom is 0.224 e. The van der Waals surface area contributed by atoms with Crippen LogP contribution in [0.1, 0.15) is 67.8 Å². The van der Waals surface area contributed by atoms with Gasteiger partial charge in [-0.3, -0.25) is 4.79 Å². The highest BCUT2D eigenvalue weighted by Crippen LogP contribution is 2.32. The summed E-state index contributed by atoms with van der Waals surface area (Å²) in [6.45, 7) is 8.72. The number of halogens is 2. The molecule has 2 atom stereocenters. The first-order chi connectivity index (χ1) is 16.4. The minimum absolute atomic E-state index is 0.136. The molecule has 1 aliphatic rings. The second kappa shape index (κ2) is 11.5. The van der Waals surface area contributed by atoms with Crippen LogP contribution >= 0.6 is 23.2 Å². The fourth-order valence-electron chi connectivity index (χ4n) is 4.55. The molecule has 0 spiro atoms. The quantitative estimate of drug-likeness (QED) is 0.455. The van der Waals surface area contributed by atoms with Crippen LogP contribution in [0.2, 0.25) is 10.0 Å². The van der Waals surface area contributed by atoms with Crippen LogP contribution in [-0.2, 0) is 20.6 Å². The lowest BCUT2D eigenvalue weighted by atomic mass is 9.92. The van der Waals surface area contributed by atoms with Crippen molar-refractivity contribution < 1.29 is 17.9 Å². The summed E-state index contributed by atoms with van der Waals surface area (Å²) < 4.78 is 33.1. The zero-order valence-electron chi connectivity index (χ0n) is 20.9. The number of methoxy groups -OCH3 is 1. The molecule has 1 aliphatic heterocycles. The van der Waals surface area contributed by atoms with E-state index in [0.717, 1.165) is 22.4 Å². The van der Waals surface area contributed by atoms with E-state index in [1.165, 1.54) is 10.4 Å². The van der Waals surface area contributed by atoms with Crippen molar-refractivity contribution in [3.05, 3.63) is 62.6 Å². The lowest BCUT2D eigenvalue weighted by Gasteiger charge is -2.32. The summed E-state index contributed by atoms with van der Waals surface area (Å²) in [5, 5.41) is 3.88. The highest BCUT2D eigenvalue weighted by molar-refractivity contribution is 7.88. The maximum atomic E-state index is 13.2. The molecule has 0 aliphatic carbocycles. The Morgan fingerprint density at radius 2 is 1.89 bits per heavy atom. The number of nitrogens with one attached hydrogen (secondary N) is 1. The molecular formula is C26H34Cl2N2O4S. The van der Waals surface area contributed by atoms with Gasteiger partial charge in [-0.2, -0.15) is 0 Å². The molecule has 1 amide bonds. The molecule has 6 nitrogen and oxygen atoms in total. The highest BCUT2D eigenvalue weighted by atomic mass is 35.5. The number of aryl methyl sites for hydroxylation is 1. The van der Waals surface area contributed by atoms with Crippen LogP contribution in [0.5, 0.6) is 5.75 Å². The number of carbonyl (C=O) groups is 1. The summed E-state index contributed by atoms with van der Waals surface area (Å²) in [7, 11) is -1.97. The number of nitrogens with zero attached hydrogens (tertiary/aromatic N) is 1. The van der Waals surface area contributed by atoms with Gasteiger partial charge in [-0.05, 0) is 79.1 Å². The molecule has 1 heterocycles. The second-order valence-electron chi connectivity index (χ2n) is 9.52. The van der Waals surface area contributed by atoms with Crippen LogP contribution in [0.4, 0.5) is 0 Å². The molecule has 35 heavy (non-hydrogen) atoms. The number of benzene rings is 2. The molecule has 2 aromatic rings. The average molecular weight is 542 g/mol. The Morgan fingerprint density at radius 3 is 2.51 bits per heavy atom. The first-order valence-corrected chi connectivity index (χ1v) is 14.2. The minimum Gasteiger partial charge on any atom is -0.496 e. The molecule has 192 valence electrons. The largest absolute Gasteiger partial charge is 0.496 e. The number of rotatable bonds is 8. The van der Waals surface area contributed by atoms with E-state index in [0.29, 0.717) is 35.0 Å². The van der Waals surface area contributed by atoms with Crippen molar-refractivity contribution in [2.24, 2.45) is 5.92 Å². The van der Waals surface area contributed by atoms with Gasteiger partial charge in [0, 0.05) is 23.1 Å². The molecule has 0 aromatic heterocycles. The Bertz CT molecular complexity index is 1180. The molecule has 0 radical (unpaired) electrons. The van der Waals surface area contributed by atoms with Crippen molar-refractivity contribution in [3.8, 4) is 5.75 Å². The van der Waals surface area contributed by atoms with Crippen molar-refractivity contribution >= 4 is 39.1 Å². The van der Waals surface area contributed by atoms with Gasteiger partial charge in [-0.15, -0.1) is 0 Å². The van der Waals surface area contributed by atoms with Crippen LogP contribution in [0.3, 0.4) is 0 Å². The highest BCUT2D eigenvalue weighted by Gasteiger charge is 2.33. The molecular weight excluding hydrogens is 507 g/mol. The molecule has 9 heteroatoms. The first kappa shape index (κ1) is 27.8. The van der Waals surface area contributed by atoms with Crippen molar-refractivity contribution in [1.82, 2.24) is 9.62 Å². The first-order valence-electron chi connectivity index (χ1n) is 11.8. The number of amides is 1. The smallest absolute Gasteiger partial charge is 0.224 e. The van der Waals surface area contributed by atoms with Gasteiger partial charge in [0.25, 0.3) is 0 Å². The fourth-order valence-corrected chi connectivity index (χ4v) is 6.75. The third-order valence-corrected chi connectivity index (χ3v) is 8.95. The zero-order valence-corrected chi connectivity index (χ0v) is 23.2. The zero-order chi connectivity index (χ0) is 25.9. The number of piperidine rings is 1. The van der Waals surface area contributed by atoms with Gasteiger partial charge in [0.1, 0.15) is 5.75 Å². The third kappa shape index (κ3) is 6.70. The van der Waals surface area contributed by atoms with Gasteiger partial charge in [0.15, 0.2) is 0 Å². The molecule has 2 aromatic carbocycles. The predicted molar refractivity (Wildman–Crippen MR) is 142 cm³/mol. The number of sulfonamides is 1. The van der Waals surface area contributed by atoms with E-state index in [4.69, 9.17) is 27.9 Å². The van der Waals surface area contributed by atoms with Crippen LogP contribution in [-0.4, -0.2) is 38.8 Å². The summed E-state index contributed by atoms with van der Waals surface area (Å²) in [6.07, 6.45) is 1.27. The number of carbonyl (C=O) groups excluding carboxylic acids is 1. The summed E-state index contributed by atoms with van der Waals surface area (Å²) >= 11 is 12.1. The standard InChI is InChI=1S/C26H34Cl2N2O4S/c1-16(2)22-13-23(17(3)11-25(22)34-5)18(4)29-26(31)19-7-6-10-30(14-19)35(32,33)15-20-8-9-21(27)12-24(20)28/h8-9,11-13,16,18-19H,6-7,10,14-15H2,1-5H3,(H,29,31)/t18-,19+/m1/s1. The fraction of sp³-hybridized carbons (Fsp3) is 0.500. The molecule has 0 unspecified atom stereocenters. The van der Waals surface area contributed by atoms with Crippen molar-refractivity contribution in [3.63, 3.8) is 0 Å². The topological polar surface area (TPSA) is 75.7 Å². The minimum atomic E-state index is -3.64. The number of hydrogen-bond donors (Lipinski definition) is 1. The van der Waals surface area contributed by atoms with Crippen molar-refractivity contribution in [1.29, 1.82) is 0 Å². The molecule has 0 saturated carbocycles. The Labute approximate surface area is 219 Å². The van der Waals surface area contributed by atoms with Gasteiger partial charge in [0.05, 0.1) is 24.8 Å². The van der Waals surface area contributed by atoms with E-state index in [2.05, 4.69) is 25.2 Å². The summed E-state index contributed by atoms with van der Waals surface area (Å²) in [4.78, 5) is 13.2. The van der Waals surface area contributed by atoms with Crippen LogP contribution in [0.25, 0.3) is 0 Å². The van der Waals surface area contributed by atoms with E-state index in [-0.39, 0.29) is 30.2 Å². The molecule has 1 fully saturated rings. The summed E-state index contributed by atoms with van der Waals surface area (Å²) in [5.41, 5.74) is 3.64. The second-order valence-corrected chi connectivity index (χ2v) is 12.3. The summed E-state index contributed by atoms with van der Waals surface area (Å²) in [6, 6.07) is 8.67. The third-order valence-electron chi connectivity index (χ3n) is 6.57. The predicted octanol–water partition coefficient (Wildman–Crippen LogP) is 5.85. The van der Waals surface area contributed by atoms with E-state index in [1.807, 2.05) is 19.9 Å². The molecule has 3 rings (SSSR count). The van der Waals surface area contributed by atoms with E-state index in [9.17, 15) is 13.2 Å². The Hall–Kier alpha value is -1.80. The molecule has 1 N–H and O–H groups in total. The van der Waals surface area contributed by atoms with E-state index < -0.39 is 15.9 Å². The summed E-state index contributed by atoms with van der Waals surface area (Å²) in [5.74, 6) is 0.344. The van der Waals surface area contributed by atoms with Crippen LogP contribution < -0.4 is 10.1 Å². The van der Waals surface area contributed by atoms with Gasteiger partial charge in [-0.25, -0.2) is 12.7 Å². The monoisotopic (exact) mass is 540 g/mol. The van der Waals surface area contributed by atoms with Gasteiger partial charge in [0.2, 0.25) is 15.9 Å². The SMILES string of the molecule is COc1cc(C)c([C@@H](C)NC(=O)[C@H]2CCCN(S(=O)(=O)Cc3ccc(Cl)cc3Cl)C2)cc1C(C)C. The van der Waals surface area contributed by atoms with Crippen LogP contribution in [0.15, 0.2) is 30.3 Å². The van der Waals surface area contributed by atoms with E-state index >= 15 is 0 Å². The Morgan fingerprint density at radius 1 is 1.17 bits per heavy atom. The lowest BCUT2D eigenvalue weighted by Crippen LogP contribution is -2.46. The average Bonchev–Trinajstić information content (AvgIpc) is 2.80. The lowest BCUT2D eigenvalue weighted by molar-refractivity contribution is -0.126. The Kier molecular flexibility index (Phi) is 9.13. The van der Waals surface area contributed by atoms with E-state index in [1.54, 1.807) is 19.2 Å². The molecule has 0 bridgehead atoms. The van der Waals surface area contributed by atoms with Crippen molar-refractivity contribution in [2.75, 3.05) is 20.2 Å². The van der Waals surface area contributed by atoms with Gasteiger partial charge < -0.3 is 10.1 Å². The molecule has 1 saturated heterocycles. The van der Waals surface area contributed by atoms with Crippen molar-refractivity contribution in [2.45, 2.75) is 58.2 Å².